The van der Waals surface area contributed by atoms with Crippen LogP contribution in [0.3, 0.4) is 0 Å². The number of ether oxygens (including phenoxy) is 1. The van der Waals surface area contributed by atoms with Gasteiger partial charge in [-0.05, 0) is 31.4 Å². The van der Waals surface area contributed by atoms with E-state index in [2.05, 4.69) is 27.2 Å². The molecule has 2 heterocycles. The van der Waals surface area contributed by atoms with Crippen LogP contribution in [-0.4, -0.2) is 21.6 Å². The Morgan fingerprint density at radius 3 is 2.86 bits per heavy atom. The summed E-state index contributed by atoms with van der Waals surface area (Å²) in [4.78, 5) is 13.3. The van der Waals surface area contributed by atoms with E-state index >= 15 is 0 Å². The lowest BCUT2D eigenvalue weighted by Gasteiger charge is -2.13. The lowest BCUT2D eigenvalue weighted by molar-refractivity contribution is 0.305. The third-order valence-corrected chi connectivity index (χ3v) is 3.48. The minimum absolute atomic E-state index is 0.444. The Hall–Kier alpha value is -2.37. The first kappa shape index (κ1) is 14.6. The van der Waals surface area contributed by atoms with Gasteiger partial charge in [-0.3, -0.25) is 4.98 Å². The van der Waals surface area contributed by atoms with E-state index in [1.165, 1.54) is 0 Å². The Kier molecular flexibility index (Phi) is 4.37. The highest BCUT2D eigenvalue weighted by atomic mass is 16.5. The van der Waals surface area contributed by atoms with Gasteiger partial charge in [-0.1, -0.05) is 13.0 Å². The molecule has 1 saturated carbocycles. The van der Waals surface area contributed by atoms with Crippen LogP contribution in [0.25, 0.3) is 0 Å². The van der Waals surface area contributed by atoms with Crippen LogP contribution in [-0.2, 0) is 6.54 Å². The predicted octanol–water partition coefficient (Wildman–Crippen LogP) is 2.73. The van der Waals surface area contributed by atoms with Crippen molar-refractivity contribution in [1.29, 1.82) is 0 Å². The highest BCUT2D eigenvalue weighted by Gasteiger charge is 2.28. The number of nitrogen functional groups attached to an aromatic ring is 1. The molecule has 6 heteroatoms. The van der Waals surface area contributed by atoms with Crippen LogP contribution in [0.1, 0.15) is 43.6 Å². The van der Waals surface area contributed by atoms with E-state index in [1.807, 2.05) is 18.2 Å². The maximum atomic E-state index is 6.14. The molecule has 3 rings (SSSR count). The average Bonchev–Trinajstić information content (AvgIpc) is 3.38. The number of hydrogen-bond acceptors (Lipinski definition) is 6. The first-order valence-corrected chi connectivity index (χ1v) is 7.72. The molecule has 116 valence electrons. The summed E-state index contributed by atoms with van der Waals surface area (Å²) in [5.41, 5.74) is 7.55. The molecule has 22 heavy (non-hydrogen) atoms. The van der Waals surface area contributed by atoms with Gasteiger partial charge < -0.3 is 15.8 Å². The van der Waals surface area contributed by atoms with Gasteiger partial charge >= 0.3 is 0 Å². The average molecular weight is 299 g/mol. The summed E-state index contributed by atoms with van der Waals surface area (Å²) < 4.78 is 5.67. The molecule has 0 spiro atoms. The number of nitrogens with two attached hydrogens (primary N) is 1. The molecule has 0 bridgehead atoms. The van der Waals surface area contributed by atoms with Gasteiger partial charge in [0.25, 0.3) is 0 Å². The SMILES string of the molecule is CCCOc1nc(C2CC2)nc(NCc2ccccn2)c1N. The van der Waals surface area contributed by atoms with E-state index in [1.54, 1.807) is 6.20 Å². The standard InChI is InChI=1S/C16H21N5O/c1-2-9-22-16-13(17)15(20-14(21-16)11-6-7-11)19-10-12-5-3-4-8-18-12/h3-5,8,11H,2,6-7,9-10,17H2,1H3,(H,19,20,21). The largest absolute Gasteiger partial charge is 0.476 e. The predicted molar refractivity (Wildman–Crippen MR) is 85.8 cm³/mol. The van der Waals surface area contributed by atoms with Crippen LogP contribution in [0.5, 0.6) is 5.88 Å². The second kappa shape index (κ2) is 6.60. The molecular formula is C16H21N5O. The molecule has 3 N–H and O–H groups in total. The Labute approximate surface area is 130 Å². The van der Waals surface area contributed by atoms with Crippen LogP contribution in [0.2, 0.25) is 0 Å². The van der Waals surface area contributed by atoms with Crippen LogP contribution < -0.4 is 15.8 Å². The number of hydrogen-bond donors (Lipinski definition) is 2. The molecule has 2 aromatic heterocycles. The molecule has 0 amide bonds. The van der Waals surface area contributed by atoms with Gasteiger partial charge in [-0.2, -0.15) is 4.98 Å². The summed E-state index contributed by atoms with van der Waals surface area (Å²) in [6.07, 6.45) is 4.96. The molecule has 0 unspecified atom stereocenters. The van der Waals surface area contributed by atoms with E-state index in [0.29, 0.717) is 36.5 Å². The molecule has 1 aliphatic rings. The van der Waals surface area contributed by atoms with Gasteiger partial charge in [0.1, 0.15) is 11.5 Å². The van der Waals surface area contributed by atoms with Crippen molar-refractivity contribution in [1.82, 2.24) is 15.0 Å². The molecule has 0 saturated heterocycles. The second-order valence-electron chi connectivity index (χ2n) is 5.45. The number of aromatic nitrogens is 3. The molecule has 6 nitrogen and oxygen atoms in total. The van der Waals surface area contributed by atoms with E-state index in [9.17, 15) is 0 Å². The monoisotopic (exact) mass is 299 g/mol. The Morgan fingerprint density at radius 1 is 1.32 bits per heavy atom. The number of nitrogens with zero attached hydrogens (tertiary/aromatic N) is 3. The van der Waals surface area contributed by atoms with Gasteiger partial charge in [0.15, 0.2) is 5.82 Å². The Balaban J connectivity index is 1.80. The summed E-state index contributed by atoms with van der Waals surface area (Å²) in [6, 6.07) is 5.81. The van der Waals surface area contributed by atoms with Gasteiger partial charge in [-0.25, -0.2) is 4.98 Å². The lowest BCUT2D eigenvalue weighted by Crippen LogP contribution is -2.11. The van der Waals surface area contributed by atoms with Crippen molar-refractivity contribution in [2.45, 2.75) is 38.6 Å². The zero-order chi connectivity index (χ0) is 15.4. The molecule has 1 fully saturated rings. The van der Waals surface area contributed by atoms with Crippen LogP contribution in [0.15, 0.2) is 24.4 Å². The van der Waals surface area contributed by atoms with Crippen molar-refractivity contribution in [3.05, 3.63) is 35.9 Å². The van der Waals surface area contributed by atoms with Crippen molar-refractivity contribution < 1.29 is 4.74 Å². The highest BCUT2D eigenvalue weighted by Crippen LogP contribution is 2.40. The quantitative estimate of drug-likeness (QED) is 0.817. The summed E-state index contributed by atoms with van der Waals surface area (Å²) >= 11 is 0. The fourth-order valence-corrected chi connectivity index (χ4v) is 2.11. The van der Waals surface area contributed by atoms with Crippen molar-refractivity contribution in [3.63, 3.8) is 0 Å². The lowest BCUT2D eigenvalue weighted by atomic mass is 10.3. The van der Waals surface area contributed by atoms with Crippen LogP contribution >= 0.6 is 0 Å². The smallest absolute Gasteiger partial charge is 0.242 e. The van der Waals surface area contributed by atoms with Crippen molar-refractivity contribution in [2.75, 3.05) is 17.7 Å². The van der Waals surface area contributed by atoms with Gasteiger partial charge in [0.05, 0.1) is 18.8 Å². The fourth-order valence-electron chi connectivity index (χ4n) is 2.11. The number of rotatable bonds is 7. The minimum atomic E-state index is 0.444. The molecule has 0 aromatic carbocycles. The van der Waals surface area contributed by atoms with Crippen molar-refractivity contribution >= 4 is 11.5 Å². The third-order valence-electron chi connectivity index (χ3n) is 3.48. The number of pyridine rings is 1. The second-order valence-corrected chi connectivity index (χ2v) is 5.45. The molecule has 0 aliphatic heterocycles. The topological polar surface area (TPSA) is 86.0 Å². The van der Waals surface area contributed by atoms with E-state index in [4.69, 9.17) is 10.5 Å². The minimum Gasteiger partial charge on any atom is -0.476 e. The van der Waals surface area contributed by atoms with Crippen molar-refractivity contribution in [2.24, 2.45) is 0 Å². The number of nitrogens with one attached hydrogen (secondary N) is 1. The fraction of sp³-hybridized carbons (Fsp3) is 0.438. The molecular weight excluding hydrogens is 278 g/mol. The third kappa shape index (κ3) is 3.44. The normalized spacial score (nSPS) is 13.9. The van der Waals surface area contributed by atoms with Gasteiger partial charge in [-0.15, -0.1) is 0 Å². The molecule has 0 radical (unpaired) electrons. The molecule has 2 aromatic rings. The summed E-state index contributed by atoms with van der Waals surface area (Å²) in [6.45, 7) is 3.23. The summed E-state index contributed by atoms with van der Waals surface area (Å²) in [7, 11) is 0. The summed E-state index contributed by atoms with van der Waals surface area (Å²) in [5, 5.41) is 3.25. The number of anilines is 2. The van der Waals surface area contributed by atoms with E-state index in [-0.39, 0.29) is 0 Å². The molecule has 1 aliphatic carbocycles. The Bertz CT molecular complexity index is 628. The zero-order valence-electron chi connectivity index (χ0n) is 12.7. The van der Waals surface area contributed by atoms with Gasteiger partial charge in [0, 0.05) is 12.1 Å². The van der Waals surface area contributed by atoms with Crippen LogP contribution in [0, 0.1) is 0 Å². The van der Waals surface area contributed by atoms with Crippen molar-refractivity contribution in [3.8, 4) is 5.88 Å². The van der Waals surface area contributed by atoms with E-state index < -0.39 is 0 Å². The summed E-state index contributed by atoms with van der Waals surface area (Å²) in [5.74, 6) is 2.39. The first-order valence-electron chi connectivity index (χ1n) is 7.72. The highest BCUT2D eigenvalue weighted by molar-refractivity contribution is 5.67. The first-order chi connectivity index (χ1) is 10.8. The molecule has 0 atom stereocenters. The zero-order valence-corrected chi connectivity index (χ0v) is 12.7. The van der Waals surface area contributed by atoms with E-state index in [0.717, 1.165) is 30.8 Å². The van der Waals surface area contributed by atoms with Gasteiger partial charge in [0.2, 0.25) is 5.88 Å². The van der Waals surface area contributed by atoms with Crippen LogP contribution in [0.4, 0.5) is 11.5 Å². The maximum absolute atomic E-state index is 6.14. The maximum Gasteiger partial charge on any atom is 0.242 e. The Morgan fingerprint density at radius 2 is 2.18 bits per heavy atom.